The number of carbonyl (C=O) groups is 2. The third-order valence-corrected chi connectivity index (χ3v) is 5.54. The van der Waals surface area contributed by atoms with Gasteiger partial charge in [0.1, 0.15) is 19.0 Å². The van der Waals surface area contributed by atoms with Gasteiger partial charge in [-0.3, -0.25) is 9.59 Å². The Morgan fingerprint density at radius 2 is 1.84 bits per heavy atom. The second-order valence-corrected chi connectivity index (χ2v) is 7.69. The molecule has 0 saturated carbocycles. The van der Waals surface area contributed by atoms with Gasteiger partial charge in [-0.1, -0.05) is 23.7 Å². The van der Waals surface area contributed by atoms with E-state index in [1.807, 2.05) is 0 Å². The molecule has 8 heteroatoms. The number of carbonyl (C=O) groups excluding carboxylic acids is 2. The molecule has 1 fully saturated rings. The molecule has 2 aromatic carbocycles. The van der Waals surface area contributed by atoms with Crippen LogP contribution in [0.5, 0.6) is 11.5 Å². The van der Waals surface area contributed by atoms with E-state index in [1.54, 1.807) is 49.6 Å². The van der Waals surface area contributed by atoms with E-state index in [4.69, 9.17) is 25.8 Å². The van der Waals surface area contributed by atoms with Gasteiger partial charge in [-0.15, -0.1) is 0 Å². The minimum atomic E-state index is -0.734. The van der Waals surface area contributed by atoms with Gasteiger partial charge in [0.05, 0.1) is 11.6 Å². The monoisotopic (exact) mass is 443 g/mol. The van der Waals surface area contributed by atoms with Gasteiger partial charge < -0.3 is 24.2 Å². The summed E-state index contributed by atoms with van der Waals surface area (Å²) < 4.78 is 16.2. The third-order valence-electron chi connectivity index (χ3n) is 5.29. The second-order valence-electron chi connectivity index (χ2n) is 7.25. The number of fused-ring (bicyclic) bond motifs is 1. The molecule has 1 saturated heterocycles. The van der Waals surface area contributed by atoms with Gasteiger partial charge in [0.2, 0.25) is 0 Å². The van der Waals surface area contributed by atoms with Gasteiger partial charge in [0, 0.05) is 30.8 Å². The van der Waals surface area contributed by atoms with Crippen molar-refractivity contribution >= 4 is 29.1 Å². The first-order valence-corrected chi connectivity index (χ1v) is 10.3. The number of hydrogen-bond donors (Lipinski definition) is 1. The molecule has 2 aliphatic rings. The smallest absolute Gasteiger partial charge is 0.295 e. The Balaban J connectivity index is 1.79. The minimum absolute atomic E-state index is 0.0291. The summed E-state index contributed by atoms with van der Waals surface area (Å²) in [7, 11) is 1.58. The molecule has 1 atom stereocenters. The maximum absolute atomic E-state index is 13.0. The average Bonchev–Trinajstić information content (AvgIpc) is 3.04. The number of methoxy groups -OCH3 is 1. The molecule has 7 nitrogen and oxygen atoms in total. The van der Waals surface area contributed by atoms with Crippen molar-refractivity contribution in [2.75, 3.05) is 33.5 Å². The molecule has 2 aliphatic heterocycles. The van der Waals surface area contributed by atoms with Crippen LogP contribution in [0.4, 0.5) is 0 Å². The van der Waals surface area contributed by atoms with E-state index >= 15 is 0 Å². The molecule has 1 N–H and O–H groups in total. The van der Waals surface area contributed by atoms with E-state index in [-0.39, 0.29) is 11.3 Å². The zero-order valence-electron chi connectivity index (χ0n) is 17.0. The van der Waals surface area contributed by atoms with Crippen molar-refractivity contribution in [3.05, 3.63) is 64.2 Å². The van der Waals surface area contributed by atoms with Crippen LogP contribution in [0.25, 0.3) is 5.76 Å². The Morgan fingerprint density at radius 1 is 1.13 bits per heavy atom. The molecule has 31 heavy (non-hydrogen) atoms. The number of aliphatic hydroxyl groups is 1. The molecule has 2 aromatic rings. The maximum atomic E-state index is 13.0. The fourth-order valence-corrected chi connectivity index (χ4v) is 3.95. The number of ketones is 1. The van der Waals surface area contributed by atoms with Crippen LogP contribution in [0.3, 0.4) is 0 Å². The summed E-state index contributed by atoms with van der Waals surface area (Å²) in [6.45, 7) is 1.59. The van der Waals surface area contributed by atoms with E-state index in [1.165, 1.54) is 4.90 Å². The molecule has 0 bridgehead atoms. The number of benzene rings is 2. The third kappa shape index (κ3) is 4.11. The SMILES string of the molecule is COCCCN1C(=O)C(=O)/C(=C(/O)c2ccc3c(c2)OCCO3)C1c1ccc(Cl)cc1. The number of nitrogens with zero attached hydrogens (tertiary/aromatic N) is 1. The van der Waals surface area contributed by atoms with E-state index < -0.39 is 17.7 Å². The molecular formula is C23H22ClNO6. The number of hydrogen-bond acceptors (Lipinski definition) is 6. The van der Waals surface area contributed by atoms with Crippen molar-refractivity contribution in [3.63, 3.8) is 0 Å². The van der Waals surface area contributed by atoms with Crippen molar-refractivity contribution in [2.24, 2.45) is 0 Å². The van der Waals surface area contributed by atoms with Gasteiger partial charge >= 0.3 is 0 Å². The number of halogens is 1. The van der Waals surface area contributed by atoms with E-state index in [0.717, 1.165) is 0 Å². The summed E-state index contributed by atoms with van der Waals surface area (Å²) in [5.41, 5.74) is 1.08. The van der Waals surface area contributed by atoms with Gasteiger partial charge in [-0.05, 0) is 42.3 Å². The van der Waals surface area contributed by atoms with E-state index in [2.05, 4.69) is 0 Å². The number of likely N-dealkylation sites (tertiary alicyclic amines) is 1. The lowest BCUT2D eigenvalue weighted by Gasteiger charge is -2.25. The number of rotatable bonds is 6. The van der Waals surface area contributed by atoms with Crippen LogP contribution in [0, 0.1) is 0 Å². The van der Waals surface area contributed by atoms with Gasteiger partial charge in [-0.25, -0.2) is 0 Å². The predicted octanol–water partition coefficient (Wildman–Crippen LogP) is 3.57. The molecule has 1 unspecified atom stereocenters. The summed E-state index contributed by atoms with van der Waals surface area (Å²) in [6, 6.07) is 11.1. The van der Waals surface area contributed by atoms with Gasteiger partial charge in [0.25, 0.3) is 11.7 Å². The Labute approximate surface area is 184 Å². The lowest BCUT2D eigenvalue weighted by atomic mass is 9.95. The molecule has 0 spiro atoms. The number of Topliss-reactive ketones (excluding diaryl/α,β-unsaturated/α-hetero) is 1. The number of aliphatic hydroxyl groups excluding tert-OH is 1. The fraction of sp³-hybridized carbons (Fsp3) is 0.304. The molecule has 2 heterocycles. The van der Waals surface area contributed by atoms with Gasteiger partial charge in [-0.2, -0.15) is 0 Å². The Hall–Kier alpha value is -3.03. The first-order chi connectivity index (χ1) is 15.0. The fourth-order valence-electron chi connectivity index (χ4n) is 3.83. The highest BCUT2D eigenvalue weighted by molar-refractivity contribution is 6.46. The molecule has 0 radical (unpaired) electrons. The zero-order chi connectivity index (χ0) is 22.0. The molecule has 162 valence electrons. The second kappa shape index (κ2) is 8.99. The molecule has 1 amide bonds. The Bertz CT molecular complexity index is 1030. The van der Waals surface area contributed by atoms with Crippen molar-refractivity contribution in [2.45, 2.75) is 12.5 Å². The van der Waals surface area contributed by atoms with Crippen LogP contribution >= 0.6 is 11.6 Å². The zero-order valence-corrected chi connectivity index (χ0v) is 17.7. The lowest BCUT2D eigenvalue weighted by Crippen LogP contribution is -2.31. The topological polar surface area (TPSA) is 85.3 Å². The Morgan fingerprint density at radius 3 is 2.55 bits per heavy atom. The molecule has 0 aliphatic carbocycles. The van der Waals surface area contributed by atoms with Crippen LogP contribution in [-0.2, 0) is 14.3 Å². The first kappa shape index (κ1) is 21.2. The van der Waals surface area contributed by atoms with Gasteiger partial charge in [0.15, 0.2) is 11.5 Å². The van der Waals surface area contributed by atoms with Crippen molar-refractivity contribution < 1.29 is 28.9 Å². The van der Waals surface area contributed by atoms with Crippen molar-refractivity contribution in [3.8, 4) is 11.5 Å². The summed E-state index contributed by atoms with van der Waals surface area (Å²) in [5, 5.41) is 11.7. The minimum Gasteiger partial charge on any atom is -0.507 e. The summed E-state index contributed by atoms with van der Waals surface area (Å²) in [4.78, 5) is 27.3. The normalized spacial score (nSPS) is 19.7. The highest BCUT2D eigenvalue weighted by Crippen LogP contribution is 2.41. The van der Waals surface area contributed by atoms with E-state index in [0.29, 0.717) is 60.4 Å². The summed E-state index contributed by atoms with van der Waals surface area (Å²) >= 11 is 6.03. The molecule has 4 rings (SSSR count). The average molecular weight is 444 g/mol. The van der Waals surface area contributed by atoms with Crippen LogP contribution in [0.1, 0.15) is 23.6 Å². The standard InChI is InChI=1S/C23H22ClNO6/c1-29-10-2-9-25-20(14-3-6-16(24)7-4-14)19(22(27)23(25)28)21(26)15-5-8-17-18(13-15)31-12-11-30-17/h3-8,13,20,26H,2,9-12H2,1H3/b21-19+. The Kier molecular flexibility index (Phi) is 6.15. The highest BCUT2D eigenvalue weighted by atomic mass is 35.5. The van der Waals surface area contributed by atoms with Crippen molar-refractivity contribution in [1.29, 1.82) is 0 Å². The number of ether oxygens (including phenoxy) is 3. The largest absolute Gasteiger partial charge is 0.507 e. The van der Waals surface area contributed by atoms with Crippen LogP contribution in [0.15, 0.2) is 48.0 Å². The molecule has 0 aromatic heterocycles. The molecular weight excluding hydrogens is 422 g/mol. The maximum Gasteiger partial charge on any atom is 0.295 e. The highest BCUT2D eigenvalue weighted by Gasteiger charge is 2.45. The van der Waals surface area contributed by atoms with E-state index in [9.17, 15) is 14.7 Å². The first-order valence-electron chi connectivity index (χ1n) is 9.94. The quantitative estimate of drug-likeness (QED) is 0.318. The van der Waals surface area contributed by atoms with Crippen LogP contribution in [0.2, 0.25) is 5.02 Å². The lowest BCUT2D eigenvalue weighted by molar-refractivity contribution is -0.140. The summed E-state index contributed by atoms with van der Waals surface area (Å²) in [5.74, 6) is -0.603. The van der Waals surface area contributed by atoms with Crippen molar-refractivity contribution in [1.82, 2.24) is 4.90 Å². The van der Waals surface area contributed by atoms with Crippen LogP contribution in [-0.4, -0.2) is 55.2 Å². The van der Waals surface area contributed by atoms with Crippen LogP contribution < -0.4 is 9.47 Å². The number of amides is 1. The predicted molar refractivity (Wildman–Crippen MR) is 114 cm³/mol. The summed E-state index contributed by atoms with van der Waals surface area (Å²) in [6.07, 6.45) is 0.553.